The molecule has 0 amide bonds. The SMILES string of the molecule is C/C=N/N=IS.CCOC(=O)C(F)C1CCC(c2cc(N(COCC[Si](C)(C)C)COCC[Si](C)(C)C)n3ncc(I)c3n2)CC1.CCOC(=O)C(F)C1CCC(c2cc(N(COCC[Si](C)(C)C)COCC[Si](C)(C)C)n3nccc3n2)CC1. The van der Waals surface area contributed by atoms with Crippen LogP contribution in [-0.2, 0) is 38.0 Å². The third-order valence-corrected chi connectivity index (χ3v) is 23.3. The molecule has 2 aliphatic rings. The Morgan fingerprint density at radius 3 is 1.40 bits per heavy atom. The molecule has 85 heavy (non-hydrogen) atoms. The molecule has 2 saturated carbocycles. The summed E-state index contributed by atoms with van der Waals surface area (Å²) in [7, 11) is -0.950. The number of rotatable bonds is 31. The maximum atomic E-state index is 14.7. The van der Waals surface area contributed by atoms with E-state index in [1.54, 1.807) is 26.3 Å². The summed E-state index contributed by atoms with van der Waals surface area (Å²) in [4.78, 5) is 38.0. The van der Waals surface area contributed by atoms with Gasteiger partial charge in [-0.25, -0.2) is 28.3 Å². The lowest BCUT2D eigenvalue weighted by molar-refractivity contribution is -0.152. The number of hydrogen-bond donors (Lipinski definition) is 1. The van der Waals surface area contributed by atoms with Gasteiger partial charge in [0.05, 0.1) is 48.8 Å². The van der Waals surface area contributed by atoms with Gasteiger partial charge in [0.1, 0.15) is 38.6 Å². The molecule has 2 aliphatic carbocycles. The summed E-state index contributed by atoms with van der Waals surface area (Å²) in [5.74, 6) is 0.0823. The van der Waals surface area contributed by atoms with E-state index in [4.69, 9.17) is 38.4 Å². The first-order valence-corrected chi connectivity index (χ1v) is 50.5. The second-order valence-electron chi connectivity index (χ2n) is 26.9. The van der Waals surface area contributed by atoms with Crippen molar-refractivity contribution < 1.29 is 46.8 Å². The Labute approximate surface area is 538 Å². The maximum Gasteiger partial charge on any atom is 0.341 e. The molecule has 0 aromatic carbocycles. The Hall–Kier alpha value is -2.37. The summed E-state index contributed by atoms with van der Waals surface area (Å²) < 4.78 is 72.2. The van der Waals surface area contributed by atoms with Crippen LogP contribution in [0.4, 0.5) is 20.4 Å². The predicted octanol–water partition coefficient (Wildman–Crippen LogP) is 15.3. The summed E-state index contributed by atoms with van der Waals surface area (Å²) in [5, 5.41) is 12.7. The standard InChI is InChI=1S/C28H48FIN4O4Si2.C28H49FN4O4Si2.C2H5IN2S/c1-8-38-28(35)26(29)22-11-9-21(10-12-22)24-17-25(34-27(32-24)23(30)18-31-34)33(19-36-13-15-39(2,3)4)20-37-14-16-40(5,6)7;1-8-37-28(34)27(29)23-11-9-22(10-12-23)24-19-26(33-25(31-24)13-14-30-33)32(20-35-15-17-38(2,3)4)21-36-16-18-39(5,6)7;1-2-4-5-3-6/h17-18,21-22,26H,8-16,19-20H2,1-7H3;13-14,19,22-23,27H,8-12,15-18,20-21H2,1-7H3;2H,1H3,(H,5,6)/b;;4-2+. The zero-order valence-corrected chi connectivity index (χ0v) is 62.9. The number of alkyl halides is 2. The van der Waals surface area contributed by atoms with E-state index >= 15 is 0 Å². The quantitative estimate of drug-likeness (QED) is 0.00734. The lowest BCUT2D eigenvalue weighted by Gasteiger charge is -2.31. The molecule has 482 valence electrons. The molecule has 0 spiro atoms. The number of esters is 2. The molecule has 2 fully saturated rings. The minimum absolute atomic E-state index is 0.183. The summed E-state index contributed by atoms with van der Waals surface area (Å²) in [6, 6.07) is 10.5. The second kappa shape index (κ2) is 37.1. The lowest BCUT2D eigenvalue weighted by atomic mass is 9.78. The van der Waals surface area contributed by atoms with E-state index in [2.05, 4.69) is 151 Å². The fourth-order valence-corrected chi connectivity index (χ4v) is 13.7. The summed E-state index contributed by atoms with van der Waals surface area (Å²) >= 11 is 2.00. The smallest absolute Gasteiger partial charge is 0.341 e. The van der Waals surface area contributed by atoms with Gasteiger partial charge in [-0.2, -0.15) is 24.3 Å². The molecule has 4 heterocycles. The number of carbonyl (C=O) groups excluding carboxylic acids is 2. The van der Waals surface area contributed by atoms with Crippen molar-refractivity contribution in [2.75, 3.05) is 76.4 Å². The number of nitrogens with zero attached hydrogens (tertiary/aromatic N) is 10. The van der Waals surface area contributed by atoms with Crippen molar-refractivity contribution in [1.82, 2.24) is 29.2 Å². The molecule has 2 atom stereocenters. The molecule has 2 unspecified atom stereocenters. The first kappa shape index (κ1) is 75.1. The molecule has 18 nitrogen and oxygen atoms in total. The molecular weight excluding hydrogens is 1400 g/mol. The van der Waals surface area contributed by atoms with Crippen molar-refractivity contribution >= 4 is 125 Å². The van der Waals surface area contributed by atoms with Crippen LogP contribution in [0.2, 0.25) is 103 Å². The van der Waals surface area contributed by atoms with E-state index in [-0.39, 0.29) is 56.5 Å². The number of fused-ring (bicyclic) bond motifs is 2. The molecule has 0 bridgehead atoms. The molecule has 0 aliphatic heterocycles. The van der Waals surface area contributed by atoms with Crippen LogP contribution in [-0.4, -0.2) is 159 Å². The zero-order chi connectivity index (χ0) is 63.0. The molecule has 4 aromatic heterocycles. The summed E-state index contributed by atoms with van der Waals surface area (Å²) in [5.41, 5.74) is 3.52. The van der Waals surface area contributed by atoms with Crippen molar-refractivity contribution in [2.24, 2.45) is 20.2 Å². The number of aromatic nitrogens is 6. The topological polar surface area (TPSA) is 181 Å². The van der Waals surface area contributed by atoms with Gasteiger partial charge in [0, 0.05) is 118 Å². The fourth-order valence-electron chi connectivity index (χ4n) is 9.58. The number of carbonyl (C=O) groups is 2. The Morgan fingerprint density at radius 1 is 0.659 bits per heavy atom. The van der Waals surface area contributed by atoms with Gasteiger partial charge in [-0.15, -0.1) is 3.25 Å². The van der Waals surface area contributed by atoms with Gasteiger partial charge in [0.15, 0.2) is 23.6 Å². The Morgan fingerprint density at radius 2 is 1.05 bits per heavy atom. The average molecular weight is 1500 g/mol. The van der Waals surface area contributed by atoms with Crippen LogP contribution in [0.15, 0.2) is 38.9 Å². The molecule has 6 rings (SSSR count). The number of hydrogen-bond acceptors (Lipinski definition) is 16. The van der Waals surface area contributed by atoms with Crippen molar-refractivity contribution in [3.05, 3.63) is 45.6 Å². The minimum atomic E-state index is -1.56. The van der Waals surface area contributed by atoms with Crippen LogP contribution in [0.3, 0.4) is 0 Å². The molecular formula is C58H102F2I2N10O8SSi4. The van der Waals surface area contributed by atoms with Crippen molar-refractivity contribution in [2.45, 2.75) is 199 Å². The summed E-state index contributed by atoms with van der Waals surface area (Å²) in [6.07, 6.45) is 7.77. The highest BCUT2D eigenvalue weighted by Crippen LogP contribution is 2.40. The highest BCUT2D eigenvalue weighted by Gasteiger charge is 2.36. The van der Waals surface area contributed by atoms with E-state index in [0.717, 1.165) is 101 Å². The molecule has 4 aromatic rings. The second-order valence-corrected chi connectivity index (χ2v) is 52.5. The highest BCUT2D eigenvalue weighted by atomic mass is 127. The van der Waals surface area contributed by atoms with E-state index in [1.165, 1.54) is 0 Å². The third-order valence-electron chi connectivity index (χ3n) is 14.8. The van der Waals surface area contributed by atoms with Crippen LogP contribution in [0.25, 0.3) is 11.3 Å². The lowest BCUT2D eigenvalue weighted by Crippen LogP contribution is -2.33. The van der Waals surface area contributed by atoms with Crippen LogP contribution in [0.5, 0.6) is 0 Å². The number of anilines is 2. The number of halogens is 4. The Bertz CT molecular complexity index is 2620. The largest absolute Gasteiger partial charge is 0.464 e. The fraction of sp³-hybridized carbons (Fsp3) is 0.741. The first-order valence-electron chi connectivity index (χ1n) is 30.4. The van der Waals surface area contributed by atoms with Crippen LogP contribution in [0, 0.1) is 15.4 Å². The molecule has 0 N–H and O–H groups in total. The first-order chi connectivity index (χ1) is 40.1. The molecule has 0 saturated heterocycles. The van der Waals surface area contributed by atoms with Crippen LogP contribution >= 0.6 is 52.0 Å². The van der Waals surface area contributed by atoms with Gasteiger partial charge in [-0.05, 0) is 119 Å². The Kier molecular flexibility index (Phi) is 32.8. The minimum Gasteiger partial charge on any atom is -0.464 e. The highest BCUT2D eigenvalue weighted by molar-refractivity contribution is 14.2. The van der Waals surface area contributed by atoms with E-state index in [1.807, 2.05) is 28.2 Å². The predicted molar refractivity (Wildman–Crippen MR) is 372 cm³/mol. The van der Waals surface area contributed by atoms with Crippen molar-refractivity contribution in [3.63, 3.8) is 0 Å². The van der Waals surface area contributed by atoms with E-state index in [9.17, 15) is 18.4 Å². The number of thiol groups is 1. The molecule has 0 radical (unpaired) electrons. The Balaban J connectivity index is 0.000000332. The normalized spacial score (nSPS) is 18.8. The van der Waals surface area contributed by atoms with Gasteiger partial charge in [-0.3, -0.25) is 0 Å². The third kappa shape index (κ3) is 27.3. The van der Waals surface area contributed by atoms with Gasteiger partial charge >= 0.3 is 11.9 Å². The van der Waals surface area contributed by atoms with Gasteiger partial charge in [0.2, 0.25) is 0 Å². The van der Waals surface area contributed by atoms with E-state index < -0.39 is 56.6 Å². The van der Waals surface area contributed by atoms with Crippen molar-refractivity contribution in [3.8, 4) is 0 Å². The van der Waals surface area contributed by atoms with Crippen molar-refractivity contribution in [1.29, 1.82) is 0 Å². The van der Waals surface area contributed by atoms with Crippen LogP contribution < -0.4 is 9.80 Å². The van der Waals surface area contributed by atoms with Gasteiger partial charge in [-0.1, -0.05) is 88.4 Å². The monoisotopic (exact) mass is 1500 g/mol. The summed E-state index contributed by atoms with van der Waals surface area (Å²) in [6.45, 7) is 38.3. The van der Waals surface area contributed by atoms with E-state index in [0.29, 0.717) is 65.8 Å². The number of ether oxygens (including phenoxy) is 6. The zero-order valence-electron chi connectivity index (χ0n) is 53.7. The maximum absolute atomic E-state index is 14.7. The van der Waals surface area contributed by atoms with Gasteiger partial charge < -0.3 is 38.2 Å². The van der Waals surface area contributed by atoms with Gasteiger partial charge in [0.25, 0.3) is 0 Å². The average Bonchev–Trinajstić information content (AvgIpc) is 2.20. The molecule has 27 heteroatoms. The van der Waals surface area contributed by atoms with Crippen LogP contribution in [0.1, 0.15) is 95.4 Å².